The standard InChI is InChI=1S/C25H27N3O5/c1-3-31-24-17-19(18-26-28-25(29)27-20-9-5-4-6-10-20)13-14-23(24)33-16-15-32-22-12-8-7-11-21(22)30-2/h4-14,17-18H,3,15-16H2,1-2H3,(H2,27,28,29)/b26-18+. The van der Waals surface area contributed by atoms with Gasteiger partial charge in [-0.05, 0) is 55.0 Å². The molecule has 8 nitrogen and oxygen atoms in total. The third-order valence-corrected chi connectivity index (χ3v) is 4.35. The Bertz CT molecular complexity index is 1060. The van der Waals surface area contributed by atoms with Crippen LogP contribution >= 0.6 is 0 Å². The van der Waals surface area contributed by atoms with Gasteiger partial charge in [-0.2, -0.15) is 5.10 Å². The van der Waals surface area contributed by atoms with Crippen LogP contribution in [0, 0.1) is 0 Å². The van der Waals surface area contributed by atoms with Gasteiger partial charge in [0.25, 0.3) is 0 Å². The van der Waals surface area contributed by atoms with Gasteiger partial charge >= 0.3 is 6.03 Å². The number of benzene rings is 3. The Balaban J connectivity index is 1.52. The van der Waals surface area contributed by atoms with Crippen LogP contribution in [0.5, 0.6) is 23.0 Å². The average Bonchev–Trinajstić information content (AvgIpc) is 2.84. The monoisotopic (exact) mass is 449 g/mol. The van der Waals surface area contributed by atoms with E-state index < -0.39 is 6.03 Å². The molecule has 0 saturated heterocycles. The Morgan fingerprint density at radius 3 is 2.21 bits per heavy atom. The number of methoxy groups -OCH3 is 1. The molecule has 0 radical (unpaired) electrons. The number of ether oxygens (including phenoxy) is 4. The van der Waals surface area contributed by atoms with Crippen LogP contribution in [-0.4, -0.2) is 39.2 Å². The van der Waals surface area contributed by atoms with Crippen LogP contribution in [0.3, 0.4) is 0 Å². The van der Waals surface area contributed by atoms with Gasteiger partial charge in [-0.15, -0.1) is 0 Å². The number of hydrazone groups is 1. The molecule has 0 spiro atoms. The largest absolute Gasteiger partial charge is 0.493 e. The third kappa shape index (κ3) is 7.46. The normalized spacial score (nSPS) is 10.5. The highest BCUT2D eigenvalue weighted by Crippen LogP contribution is 2.29. The molecule has 3 aromatic rings. The summed E-state index contributed by atoms with van der Waals surface area (Å²) in [5.74, 6) is 2.49. The van der Waals surface area contributed by atoms with Crippen molar-refractivity contribution in [3.8, 4) is 23.0 Å². The van der Waals surface area contributed by atoms with E-state index in [2.05, 4.69) is 15.8 Å². The van der Waals surface area contributed by atoms with Gasteiger partial charge in [-0.25, -0.2) is 10.2 Å². The first kappa shape index (κ1) is 23.5. The van der Waals surface area contributed by atoms with Gasteiger partial charge < -0.3 is 24.3 Å². The third-order valence-electron chi connectivity index (χ3n) is 4.35. The first-order chi connectivity index (χ1) is 16.2. The maximum absolute atomic E-state index is 11.9. The molecular formula is C25H27N3O5. The van der Waals surface area contributed by atoms with Gasteiger partial charge in [-0.3, -0.25) is 0 Å². The number of rotatable bonds is 11. The molecule has 0 atom stereocenters. The lowest BCUT2D eigenvalue weighted by molar-refractivity contribution is 0.203. The van der Waals surface area contributed by atoms with Crippen LogP contribution in [0.25, 0.3) is 0 Å². The fraction of sp³-hybridized carbons (Fsp3) is 0.200. The Labute approximate surface area is 193 Å². The van der Waals surface area contributed by atoms with Crippen LogP contribution < -0.4 is 29.7 Å². The molecule has 0 aromatic heterocycles. The van der Waals surface area contributed by atoms with Gasteiger partial charge in [0.1, 0.15) is 13.2 Å². The molecule has 0 aliphatic carbocycles. The lowest BCUT2D eigenvalue weighted by Crippen LogP contribution is -2.24. The van der Waals surface area contributed by atoms with E-state index in [0.29, 0.717) is 48.5 Å². The van der Waals surface area contributed by atoms with Crippen molar-refractivity contribution in [2.75, 3.05) is 32.2 Å². The van der Waals surface area contributed by atoms with E-state index in [1.807, 2.05) is 55.5 Å². The summed E-state index contributed by atoms with van der Waals surface area (Å²) in [6.07, 6.45) is 1.53. The van der Waals surface area contributed by atoms with Crippen LogP contribution in [0.15, 0.2) is 77.9 Å². The van der Waals surface area contributed by atoms with Gasteiger partial charge in [-0.1, -0.05) is 30.3 Å². The summed E-state index contributed by atoms with van der Waals surface area (Å²) in [5.41, 5.74) is 3.86. The molecule has 2 amide bonds. The van der Waals surface area contributed by atoms with Crippen molar-refractivity contribution < 1.29 is 23.7 Å². The molecule has 0 aliphatic rings. The highest BCUT2D eigenvalue weighted by atomic mass is 16.5. The minimum atomic E-state index is -0.433. The van der Waals surface area contributed by atoms with Crippen molar-refractivity contribution in [3.05, 3.63) is 78.4 Å². The summed E-state index contributed by atoms with van der Waals surface area (Å²) < 4.78 is 22.5. The molecule has 2 N–H and O–H groups in total. The summed E-state index contributed by atoms with van der Waals surface area (Å²) in [6.45, 7) is 3.04. The van der Waals surface area contributed by atoms with E-state index in [1.165, 1.54) is 6.21 Å². The van der Waals surface area contributed by atoms with Gasteiger partial charge in [0.15, 0.2) is 23.0 Å². The Kier molecular flexibility index (Phi) is 8.96. The molecule has 0 saturated carbocycles. The van der Waals surface area contributed by atoms with Crippen LogP contribution in [-0.2, 0) is 0 Å². The quantitative estimate of drug-likeness (QED) is 0.251. The molecule has 8 heteroatoms. The second-order valence-corrected chi connectivity index (χ2v) is 6.68. The van der Waals surface area contributed by atoms with Crippen molar-refractivity contribution in [1.29, 1.82) is 0 Å². The molecule has 0 bridgehead atoms. The zero-order valence-electron chi connectivity index (χ0n) is 18.6. The smallest absolute Gasteiger partial charge is 0.339 e. The summed E-state index contributed by atoms with van der Waals surface area (Å²) in [5, 5.41) is 6.67. The van der Waals surface area contributed by atoms with E-state index >= 15 is 0 Å². The summed E-state index contributed by atoms with van der Waals surface area (Å²) in [4.78, 5) is 11.9. The number of anilines is 1. The maximum Gasteiger partial charge on any atom is 0.339 e. The van der Waals surface area contributed by atoms with Gasteiger partial charge in [0, 0.05) is 5.69 Å². The average molecular weight is 450 g/mol. The minimum absolute atomic E-state index is 0.326. The molecule has 3 rings (SSSR count). The van der Waals surface area contributed by atoms with Crippen LogP contribution in [0.1, 0.15) is 12.5 Å². The number of carbonyl (C=O) groups is 1. The molecule has 3 aromatic carbocycles. The fourth-order valence-corrected chi connectivity index (χ4v) is 2.88. The number of para-hydroxylation sites is 3. The molecule has 172 valence electrons. The molecular weight excluding hydrogens is 422 g/mol. The Morgan fingerprint density at radius 1 is 0.848 bits per heavy atom. The predicted octanol–water partition coefficient (Wildman–Crippen LogP) is 4.71. The summed E-state index contributed by atoms with van der Waals surface area (Å²) in [6, 6.07) is 21.5. The van der Waals surface area contributed by atoms with Crippen LogP contribution in [0.2, 0.25) is 0 Å². The summed E-state index contributed by atoms with van der Waals surface area (Å²) in [7, 11) is 1.60. The van der Waals surface area contributed by atoms with E-state index in [4.69, 9.17) is 18.9 Å². The highest BCUT2D eigenvalue weighted by Gasteiger charge is 2.08. The highest BCUT2D eigenvalue weighted by molar-refractivity contribution is 5.90. The van der Waals surface area contributed by atoms with Crippen LogP contribution in [0.4, 0.5) is 10.5 Å². The number of amides is 2. The molecule has 0 heterocycles. The zero-order chi connectivity index (χ0) is 23.3. The van der Waals surface area contributed by atoms with Crippen molar-refractivity contribution in [1.82, 2.24) is 5.43 Å². The number of nitrogens with zero attached hydrogens (tertiary/aromatic N) is 1. The van der Waals surface area contributed by atoms with E-state index in [0.717, 1.165) is 5.56 Å². The number of nitrogens with one attached hydrogen (secondary N) is 2. The zero-order valence-corrected chi connectivity index (χ0v) is 18.6. The van der Waals surface area contributed by atoms with Gasteiger partial charge in [0.05, 0.1) is 19.9 Å². The van der Waals surface area contributed by atoms with Crippen molar-refractivity contribution >= 4 is 17.9 Å². The number of carbonyl (C=O) groups excluding carboxylic acids is 1. The lowest BCUT2D eigenvalue weighted by atomic mass is 10.2. The topological polar surface area (TPSA) is 90.4 Å². The SMILES string of the molecule is CCOc1cc(/C=N/NC(=O)Nc2ccccc2)ccc1OCCOc1ccccc1OC. The summed E-state index contributed by atoms with van der Waals surface area (Å²) >= 11 is 0. The van der Waals surface area contributed by atoms with E-state index in [9.17, 15) is 4.79 Å². The van der Waals surface area contributed by atoms with E-state index in [1.54, 1.807) is 31.4 Å². The number of hydrogen-bond donors (Lipinski definition) is 2. The first-order valence-corrected chi connectivity index (χ1v) is 10.5. The second kappa shape index (κ2) is 12.6. The minimum Gasteiger partial charge on any atom is -0.493 e. The Hall–Kier alpha value is -4.20. The number of hydrogen-bond acceptors (Lipinski definition) is 6. The lowest BCUT2D eigenvalue weighted by Gasteiger charge is -2.14. The molecule has 33 heavy (non-hydrogen) atoms. The van der Waals surface area contributed by atoms with E-state index in [-0.39, 0.29) is 0 Å². The maximum atomic E-state index is 11.9. The Morgan fingerprint density at radius 2 is 1.52 bits per heavy atom. The van der Waals surface area contributed by atoms with Crippen molar-refractivity contribution in [3.63, 3.8) is 0 Å². The molecule has 0 aliphatic heterocycles. The predicted molar refractivity (Wildman–Crippen MR) is 128 cm³/mol. The molecule has 0 fully saturated rings. The first-order valence-electron chi connectivity index (χ1n) is 10.5. The number of urea groups is 1. The second-order valence-electron chi connectivity index (χ2n) is 6.68. The molecule has 0 unspecified atom stereocenters. The fourth-order valence-electron chi connectivity index (χ4n) is 2.88. The van der Waals surface area contributed by atoms with Crippen molar-refractivity contribution in [2.45, 2.75) is 6.92 Å². The van der Waals surface area contributed by atoms with Gasteiger partial charge in [0.2, 0.25) is 0 Å². The van der Waals surface area contributed by atoms with Crippen molar-refractivity contribution in [2.24, 2.45) is 5.10 Å².